The van der Waals surface area contributed by atoms with Crippen LogP contribution in [0.3, 0.4) is 0 Å². The molecule has 6 heteroatoms. The molecule has 6 nitrogen and oxygen atoms in total. The summed E-state index contributed by atoms with van der Waals surface area (Å²) in [6.45, 7) is 4.38. The van der Waals surface area contributed by atoms with Crippen LogP contribution in [-0.4, -0.2) is 37.8 Å². The van der Waals surface area contributed by atoms with Gasteiger partial charge in [0.1, 0.15) is 17.9 Å². The maximum absolute atomic E-state index is 12.4. The summed E-state index contributed by atoms with van der Waals surface area (Å²) < 4.78 is 5.69. The van der Waals surface area contributed by atoms with Gasteiger partial charge in [0, 0.05) is 17.9 Å². The van der Waals surface area contributed by atoms with E-state index in [1.807, 2.05) is 31.2 Å². The molecular formula is C18H24N4O2. The van der Waals surface area contributed by atoms with Gasteiger partial charge in [-0.2, -0.15) is 0 Å². The van der Waals surface area contributed by atoms with Crippen molar-refractivity contribution in [1.29, 1.82) is 0 Å². The Kier molecular flexibility index (Phi) is 5.59. The van der Waals surface area contributed by atoms with E-state index >= 15 is 0 Å². The van der Waals surface area contributed by atoms with Gasteiger partial charge >= 0.3 is 0 Å². The second-order valence-corrected chi connectivity index (χ2v) is 6.04. The van der Waals surface area contributed by atoms with Crippen LogP contribution in [0.2, 0.25) is 0 Å². The first-order valence-corrected chi connectivity index (χ1v) is 8.59. The maximum Gasteiger partial charge on any atom is 0.228 e. The Morgan fingerprint density at radius 2 is 2.12 bits per heavy atom. The molecule has 0 saturated carbocycles. The van der Waals surface area contributed by atoms with Crippen LogP contribution in [0.5, 0.6) is 5.75 Å². The van der Waals surface area contributed by atoms with Crippen LogP contribution < -0.4 is 15.4 Å². The van der Waals surface area contributed by atoms with E-state index in [2.05, 4.69) is 20.6 Å². The number of hydrogen-bond acceptors (Lipinski definition) is 5. The summed E-state index contributed by atoms with van der Waals surface area (Å²) in [6.07, 6.45) is 3.87. The quantitative estimate of drug-likeness (QED) is 0.888. The molecule has 2 aliphatic rings. The fourth-order valence-corrected chi connectivity index (χ4v) is 3.12. The Bertz CT molecular complexity index is 636. The number of amidine groups is 1. The minimum atomic E-state index is -0.0754. The monoisotopic (exact) mass is 328 g/mol. The molecule has 0 aliphatic carbocycles. The average molecular weight is 328 g/mol. The zero-order valence-corrected chi connectivity index (χ0v) is 14.0. The zero-order valence-electron chi connectivity index (χ0n) is 14.0. The molecule has 1 atom stereocenters. The molecule has 1 amide bonds. The molecule has 24 heavy (non-hydrogen) atoms. The lowest BCUT2D eigenvalue weighted by molar-refractivity contribution is -0.124. The second kappa shape index (κ2) is 8.06. The fourth-order valence-electron chi connectivity index (χ4n) is 3.12. The zero-order chi connectivity index (χ0) is 16.8. The number of carbonyl (C=O) groups excluding carboxylic acids is 1. The number of rotatable bonds is 4. The van der Waals surface area contributed by atoms with Gasteiger partial charge in [-0.15, -0.1) is 0 Å². The van der Waals surface area contributed by atoms with Gasteiger partial charge in [-0.05, 0) is 38.9 Å². The number of carbonyl (C=O) groups is 1. The first-order valence-electron chi connectivity index (χ1n) is 8.59. The van der Waals surface area contributed by atoms with Gasteiger partial charge in [0.2, 0.25) is 5.91 Å². The van der Waals surface area contributed by atoms with E-state index in [1.165, 1.54) is 6.34 Å². The van der Waals surface area contributed by atoms with E-state index in [4.69, 9.17) is 4.74 Å². The van der Waals surface area contributed by atoms with Crippen molar-refractivity contribution in [1.82, 2.24) is 10.6 Å². The third kappa shape index (κ3) is 4.00. The average Bonchev–Trinajstić information content (AvgIpc) is 2.63. The van der Waals surface area contributed by atoms with Gasteiger partial charge in [-0.1, -0.05) is 18.2 Å². The summed E-state index contributed by atoms with van der Waals surface area (Å²) >= 11 is 0. The maximum atomic E-state index is 12.4. The summed E-state index contributed by atoms with van der Waals surface area (Å²) in [5.41, 5.74) is 1.03. The summed E-state index contributed by atoms with van der Waals surface area (Å²) in [6, 6.07) is 7.83. The number of aliphatic imine (C=N–C) groups is 2. The fraction of sp³-hybridized carbons (Fsp3) is 0.500. The normalized spacial score (nSPS) is 21.2. The molecule has 0 radical (unpaired) electrons. The second-order valence-electron chi connectivity index (χ2n) is 6.04. The molecule has 1 fully saturated rings. The van der Waals surface area contributed by atoms with Gasteiger partial charge in [-0.25, -0.2) is 4.99 Å². The highest BCUT2D eigenvalue weighted by Crippen LogP contribution is 2.31. The van der Waals surface area contributed by atoms with Crippen molar-refractivity contribution in [2.24, 2.45) is 15.9 Å². The van der Waals surface area contributed by atoms with Crippen LogP contribution in [0.4, 0.5) is 0 Å². The Balaban J connectivity index is 1.65. The van der Waals surface area contributed by atoms with Crippen molar-refractivity contribution in [3.05, 3.63) is 29.8 Å². The van der Waals surface area contributed by atoms with Crippen LogP contribution in [0.1, 0.15) is 37.8 Å². The first kappa shape index (κ1) is 16.6. The molecule has 0 spiro atoms. The van der Waals surface area contributed by atoms with Crippen molar-refractivity contribution >= 4 is 18.1 Å². The van der Waals surface area contributed by atoms with Gasteiger partial charge in [-0.3, -0.25) is 9.79 Å². The molecule has 1 unspecified atom stereocenters. The minimum absolute atomic E-state index is 0.0713. The minimum Gasteiger partial charge on any atom is -0.494 e. The summed E-state index contributed by atoms with van der Waals surface area (Å²) in [4.78, 5) is 21.1. The summed E-state index contributed by atoms with van der Waals surface area (Å²) in [5.74, 6) is 1.67. The number of piperidine rings is 1. The molecule has 1 saturated heterocycles. The summed E-state index contributed by atoms with van der Waals surface area (Å²) in [7, 11) is 0. The molecule has 2 aliphatic heterocycles. The molecule has 1 aromatic carbocycles. The Labute approximate surface area is 142 Å². The van der Waals surface area contributed by atoms with Crippen molar-refractivity contribution in [3.63, 3.8) is 0 Å². The lowest BCUT2D eigenvalue weighted by atomic mass is 9.96. The van der Waals surface area contributed by atoms with Gasteiger partial charge < -0.3 is 15.4 Å². The predicted octanol–water partition coefficient (Wildman–Crippen LogP) is 2.07. The highest BCUT2D eigenvalue weighted by atomic mass is 16.5. The van der Waals surface area contributed by atoms with Gasteiger partial charge in [0.25, 0.3) is 0 Å². The largest absolute Gasteiger partial charge is 0.494 e. The molecule has 0 bridgehead atoms. The molecule has 1 aromatic rings. The lowest BCUT2D eigenvalue weighted by Crippen LogP contribution is -2.41. The molecule has 2 heterocycles. The lowest BCUT2D eigenvalue weighted by Gasteiger charge is -2.24. The van der Waals surface area contributed by atoms with E-state index in [0.717, 1.165) is 37.2 Å². The third-order valence-corrected chi connectivity index (χ3v) is 4.40. The standard InChI is InChI=1S/C18H24N4O2/c1-2-24-16-6-4-3-5-14(16)15-11-17(21-12-20-15)22-18(23)13-7-9-19-10-8-13/h3-6,12-13,15,19H,2,7-11H2,1H3,(H,20,21,22,23). The molecular weight excluding hydrogens is 304 g/mol. The van der Waals surface area contributed by atoms with Crippen molar-refractivity contribution < 1.29 is 9.53 Å². The Morgan fingerprint density at radius 3 is 2.92 bits per heavy atom. The van der Waals surface area contributed by atoms with E-state index in [9.17, 15) is 4.79 Å². The van der Waals surface area contributed by atoms with E-state index in [-0.39, 0.29) is 17.9 Å². The molecule has 3 rings (SSSR count). The third-order valence-electron chi connectivity index (χ3n) is 4.40. The number of para-hydroxylation sites is 1. The van der Waals surface area contributed by atoms with Crippen LogP contribution in [-0.2, 0) is 4.79 Å². The SMILES string of the molecule is CCOc1ccccc1C1CC(NC(=O)C2CCNCC2)=NC=N1. The number of amides is 1. The van der Waals surface area contributed by atoms with Crippen molar-refractivity contribution in [2.75, 3.05) is 19.7 Å². The van der Waals surface area contributed by atoms with Gasteiger partial charge in [0.15, 0.2) is 0 Å². The molecule has 2 N–H and O–H groups in total. The number of benzene rings is 1. The molecule has 0 aromatic heterocycles. The van der Waals surface area contributed by atoms with Crippen molar-refractivity contribution in [3.8, 4) is 5.75 Å². The van der Waals surface area contributed by atoms with Gasteiger partial charge in [0.05, 0.1) is 12.6 Å². The summed E-state index contributed by atoms with van der Waals surface area (Å²) in [5, 5.41) is 6.27. The van der Waals surface area contributed by atoms with Crippen molar-refractivity contribution in [2.45, 2.75) is 32.2 Å². The number of hydrogen-bond donors (Lipinski definition) is 2. The first-order chi connectivity index (χ1) is 11.8. The molecule has 128 valence electrons. The van der Waals surface area contributed by atoms with Crippen LogP contribution in [0.15, 0.2) is 34.3 Å². The highest BCUT2D eigenvalue weighted by molar-refractivity contribution is 6.02. The topological polar surface area (TPSA) is 75.1 Å². The van der Waals surface area contributed by atoms with E-state index < -0.39 is 0 Å². The number of ether oxygens (including phenoxy) is 1. The van der Waals surface area contributed by atoms with Crippen LogP contribution in [0, 0.1) is 5.92 Å². The van der Waals surface area contributed by atoms with E-state index in [1.54, 1.807) is 0 Å². The predicted molar refractivity (Wildman–Crippen MR) is 94.6 cm³/mol. The smallest absolute Gasteiger partial charge is 0.228 e. The van der Waals surface area contributed by atoms with Crippen LogP contribution in [0.25, 0.3) is 0 Å². The number of nitrogens with zero attached hydrogens (tertiary/aromatic N) is 2. The van der Waals surface area contributed by atoms with E-state index in [0.29, 0.717) is 18.9 Å². The van der Waals surface area contributed by atoms with Crippen LogP contribution >= 0.6 is 0 Å². The Hall–Kier alpha value is -2.21. The Morgan fingerprint density at radius 1 is 1.33 bits per heavy atom. The highest BCUT2D eigenvalue weighted by Gasteiger charge is 2.25. The number of nitrogens with one attached hydrogen (secondary N) is 2.